The molecule has 3 nitrogen and oxygen atoms in total. The van der Waals surface area contributed by atoms with E-state index in [9.17, 15) is 4.79 Å². The van der Waals surface area contributed by atoms with E-state index in [0.29, 0.717) is 6.42 Å². The Morgan fingerprint density at radius 1 is 1.60 bits per heavy atom. The Morgan fingerprint density at radius 2 is 2.33 bits per heavy atom. The number of aryl methyl sites for hydroxylation is 1. The maximum absolute atomic E-state index is 11.8. The Labute approximate surface area is 90.7 Å². The van der Waals surface area contributed by atoms with Crippen molar-refractivity contribution in [1.82, 2.24) is 4.98 Å². The van der Waals surface area contributed by atoms with E-state index >= 15 is 0 Å². The van der Waals surface area contributed by atoms with Crippen LogP contribution in [0.5, 0.6) is 0 Å². The lowest BCUT2D eigenvalue weighted by Crippen LogP contribution is -2.15. The second-order valence-corrected chi connectivity index (χ2v) is 3.98. The zero-order valence-electron chi connectivity index (χ0n) is 9.36. The summed E-state index contributed by atoms with van der Waals surface area (Å²) in [5, 5.41) is 0. The zero-order valence-corrected chi connectivity index (χ0v) is 9.36. The van der Waals surface area contributed by atoms with Gasteiger partial charge in [-0.15, -0.1) is 0 Å². The van der Waals surface area contributed by atoms with Crippen molar-refractivity contribution in [2.75, 3.05) is 0 Å². The highest BCUT2D eigenvalue weighted by Gasteiger charge is 2.08. The third-order valence-electron chi connectivity index (χ3n) is 2.40. The number of nitrogens with two attached hydrogens (primary N) is 1. The van der Waals surface area contributed by atoms with Crippen LogP contribution in [0.3, 0.4) is 0 Å². The molecule has 0 aromatic carbocycles. The fourth-order valence-corrected chi connectivity index (χ4v) is 1.48. The van der Waals surface area contributed by atoms with Crippen LogP contribution in [0.25, 0.3) is 0 Å². The molecular formula is C12H18N2O. The van der Waals surface area contributed by atoms with Crippen LogP contribution in [-0.2, 0) is 0 Å². The first-order valence-electron chi connectivity index (χ1n) is 5.30. The predicted molar refractivity (Wildman–Crippen MR) is 60.8 cm³/mol. The maximum Gasteiger partial charge on any atom is 0.164 e. The third kappa shape index (κ3) is 3.80. The molecule has 1 aromatic heterocycles. The maximum atomic E-state index is 11.8. The summed E-state index contributed by atoms with van der Waals surface area (Å²) in [4.78, 5) is 15.7. The van der Waals surface area contributed by atoms with Crippen LogP contribution in [0.4, 0.5) is 0 Å². The van der Waals surface area contributed by atoms with Crippen LogP contribution in [0.15, 0.2) is 18.5 Å². The van der Waals surface area contributed by atoms with E-state index in [-0.39, 0.29) is 11.8 Å². The van der Waals surface area contributed by atoms with Crippen molar-refractivity contribution in [1.29, 1.82) is 0 Å². The quantitative estimate of drug-likeness (QED) is 0.750. The Morgan fingerprint density at radius 3 is 2.93 bits per heavy atom. The van der Waals surface area contributed by atoms with Gasteiger partial charge in [0.25, 0.3) is 0 Å². The average molecular weight is 206 g/mol. The minimum absolute atomic E-state index is 0.168. The molecule has 1 heterocycles. The van der Waals surface area contributed by atoms with Crippen LogP contribution in [0.2, 0.25) is 0 Å². The third-order valence-corrected chi connectivity index (χ3v) is 2.40. The lowest BCUT2D eigenvalue weighted by molar-refractivity contribution is 0.0978. The molecule has 0 aliphatic carbocycles. The Bertz CT molecular complexity index is 334. The largest absolute Gasteiger partial charge is 0.328 e. The van der Waals surface area contributed by atoms with E-state index < -0.39 is 0 Å². The summed E-state index contributed by atoms with van der Waals surface area (Å²) >= 11 is 0. The summed E-state index contributed by atoms with van der Waals surface area (Å²) in [6.45, 7) is 3.89. The SMILES string of the molecule is Cc1ccncc1C(=O)CCCC(C)N. The molecule has 0 bridgehead atoms. The van der Waals surface area contributed by atoms with Gasteiger partial charge in [-0.25, -0.2) is 0 Å². The van der Waals surface area contributed by atoms with Crippen molar-refractivity contribution in [2.24, 2.45) is 5.73 Å². The molecule has 1 rings (SSSR count). The molecule has 0 saturated carbocycles. The second kappa shape index (κ2) is 5.61. The summed E-state index contributed by atoms with van der Waals surface area (Å²) < 4.78 is 0. The van der Waals surface area contributed by atoms with E-state index in [1.54, 1.807) is 12.4 Å². The van der Waals surface area contributed by atoms with Gasteiger partial charge in [0.1, 0.15) is 0 Å². The topological polar surface area (TPSA) is 56.0 Å². The van der Waals surface area contributed by atoms with E-state index in [4.69, 9.17) is 5.73 Å². The lowest BCUT2D eigenvalue weighted by atomic mass is 10.0. The highest BCUT2D eigenvalue weighted by molar-refractivity contribution is 5.97. The number of nitrogens with zero attached hydrogens (tertiary/aromatic N) is 1. The number of carbonyl (C=O) groups is 1. The van der Waals surface area contributed by atoms with Crippen molar-refractivity contribution >= 4 is 5.78 Å². The van der Waals surface area contributed by atoms with E-state index in [1.165, 1.54) is 0 Å². The Kier molecular flexibility index (Phi) is 4.43. The van der Waals surface area contributed by atoms with Crippen molar-refractivity contribution in [2.45, 2.75) is 39.2 Å². The van der Waals surface area contributed by atoms with Crippen molar-refractivity contribution in [3.05, 3.63) is 29.6 Å². The molecule has 1 aromatic rings. The molecule has 82 valence electrons. The molecule has 1 atom stereocenters. The molecule has 1 unspecified atom stereocenters. The van der Waals surface area contributed by atoms with Crippen molar-refractivity contribution in [3.8, 4) is 0 Å². The summed E-state index contributed by atoms with van der Waals surface area (Å²) in [6, 6.07) is 2.03. The highest BCUT2D eigenvalue weighted by atomic mass is 16.1. The van der Waals surface area contributed by atoms with Gasteiger partial charge in [-0.1, -0.05) is 0 Å². The number of carbonyl (C=O) groups excluding carboxylic acids is 1. The number of ketones is 1. The number of hydrogen-bond acceptors (Lipinski definition) is 3. The van der Waals surface area contributed by atoms with Gasteiger partial charge in [0.2, 0.25) is 0 Å². The monoisotopic (exact) mass is 206 g/mol. The molecule has 0 aliphatic heterocycles. The Hall–Kier alpha value is -1.22. The minimum atomic E-state index is 0.168. The number of rotatable bonds is 5. The zero-order chi connectivity index (χ0) is 11.3. The first kappa shape index (κ1) is 11.9. The fourth-order valence-electron chi connectivity index (χ4n) is 1.48. The van der Waals surface area contributed by atoms with Crippen LogP contribution in [0, 0.1) is 6.92 Å². The van der Waals surface area contributed by atoms with Crippen molar-refractivity contribution < 1.29 is 4.79 Å². The van der Waals surface area contributed by atoms with Gasteiger partial charge in [0, 0.05) is 30.4 Å². The minimum Gasteiger partial charge on any atom is -0.328 e. The number of hydrogen-bond donors (Lipinski definition) is 1. The standard InChI is InChI=1S/C12H18N2O/c1-9-6-7-14-8-11(9)12(15)5-3-4-10(2)13/h6-8,10H,3-5,13H2,1-2H3. The van der Waals surface area contributed by atoms with Crippen LogP contribution in [-0.4, -0.2) is 16.8 Å². The first-order valence-corrected chi connectivity index (χ1v) is 5.30. The molecule has 3 heteroatoms. The highest BCUT2D eigenvalue weighted by Crippen LogP contribution is 2.10. The summed E-state index contributed by atoms with van der Waals surface area (Å²) in [5.41, 5.74) is 7.36. The van der Waals surface area contributed by atoms with Crippen LogP contribution in [0.1, 0.15) is 42.1 Å². The lowest BCUT2D eigenvalue weighted by Gasteiger charge is -2.05. The predicted octanol–water partition coefficient (Wildman–Crippen LogP) is 2.09. The van der Waals surface area contributed by atoms with Crippen LogP contribution < -0.4 is 5.73 Å². The number of aromatic nitrogens is 1. The number of pyridine rings is 1. The van der Waals surface area contributed by atoms with Gasteiger partial charge >= 0.3 is 0 Å². The van der Waals surface area contributed by atoms with Gasteiger partial charge < -0.3 is 5.73 Å². The number of Topliss-reactive ketones (excluding diaryl/α,β-unsaturated/α-hetero) is 1. The van der Waals surface area contributed by atoms with Gasteiger partial charge in [-0.05, 0) is 38.3 Å². The second-order valence-electron chi connectivity index (χ2n) is 3.98. The fraction of sp³-hybridized carbons (Fsp3) is 0.500. The smallest absolute Gasteiger partial charge is 0.164 e. The summed E-state index contributed by atoms with van der Waals surface area (Å²) in [6.07, 6.45) is 5.65. The molecule has 15 heavy (non-hydrogen) atoms. The van der Waals surface area contributed by atoms with E-state index in [2.05, 4.69) is 4.98 Å². The van der Waals surface area contributed by atoms with Gasteiger partial charge in [-0.2, -0.15) is 0 Å². The molecular weight excluding hydrogens is 188 g/mol. The molecule has 0 fully saturated rings. The molecule has 0 saturated heterocycles. The van der Waals surface area contributed by atoms with Gasteiger partial charge in [-0.3, -0.25) is 9.78 Å². The van der Waals surface area contributed by atoms with Crippen molar-refractivity contribution in [3.63, 3.8) is 0 Å². The van der Waals surface area contributed by atoms with E-state index in [1.807, 2.05) is 19.9 Å². The molecule has 0 aliphatic rings. The van der Waals surface area contributed by atoms with E-state index in [0.717, 1.165) is 24.0 Å². The van der Waals surface area contributed by atoms with Crippen LogP contribution >= 0.6 is 0 Å². The van der Waals surface area contributed by atoms with Gasteiger partial charge in [0.05, 0.1) is 0 Å². The van der Waals surface area contributed by atoms with Gasteiger partial charge in [0.15, 0.2) is 5.78 Å². The molecule has 0 amide bonds. The summed E-state index contributed by atoms with van der Waals surface area (Å²) in [7, 11) is 0. The molecule has 2 N–H and O–H groups in total. The normalized spacial score (nSPS) is 12.5. The summed E-state index contributed by atoms with van der Waals surface area (Å²) in [5.74, 6) is 0.168. The molecule has 0 radical (unpaired) electrons. The Balaban J connectivity index is 2.51. The average Bonchev–Trinajstić information content (AvgIpc) is 2.17. The first-order chi connectivity index (χ1) is 7.11. The molecule has 0 spiro atoms.